The molecule has 7 nitrogen and oxygen atoms in total. The molecule has 2 aromatic carbocycles. The second-order valence-corrected chi connectivity index (χ2v) is 9.73. The average molecular weight is 495 g/mol. The summed E-state index contributed by atoms with van der Waals surface area (Å²) < 4.78 is 12.0. The predicted molar refractivity (Wildman–Crippen MR) is 127 cm³/mol. The number of hydrogen-bond donors (Lipinski definition) is 1. The second-order valence-electron chi connectivity index (χ2n) is 5.90. The van der Waals surface area contributed by atoms with Gasteiger partial charge in [0, 0.05) is 16.3 Å². The SMILES string of the molecule is COc1ccc(OC)c(/C=N\NC(=O)CSc2nnc(SCc3ccccc3Cl)s2)c1. The third-order valence-electron chi connectivity index (χ3n) is 3.85. The van der Waals surface area contributed by atoms with E-state index in [9.17, 15) is 4.79 Å². The first-order chi connectivity index (χ1) is 15.1. The van der Waals surface area contributed by atoms with E-state index in [2.05, 4.69) is 20.7 Å². The highest BCUT2D eigenvalue weighted by atomic mass is 35.5. The number of amides is 1. The molecule has 0 aliphatic heterocycles. The molecule has 0 unspecified atom stereocenters. The number of thioether (sulfide) groups is 2. The molecule has 0 bridgehead atoms. The summed E-state index contributed by atoms with van der Waals surface area (Å²) in [5.74, 6) is 1.94. The Hall–Kier alpha value is -2.27. The molecule has 0 fully saturated rings. The third-order valence-corrected chi connectivity index (χ3v) is 7.46. The lowest BCUT2D eigenvalue weighted by atomic mass is 10.2. The zero-order valence-corrected chi connectivity index (χ0v) is 19.9. The Labute approximate surface area is 197 Å². The van der Waals surface area contributed by atoms with Gasteiger partial charge < -0.3 is 9.47 Å². The Morgan fingerprint density at radius 1 is 1.16 bits per heavy atom. The molecule has 11 heteroatoms. The summed E-state index contributed by atoms with van der Waals surface area (Å²) >= 11 is 10.5. The summed E-state index contributed by atoms with van der Waals surface area (Å²) in [4.78, 5) is 12.1. The summed E-state index contributed by atoms with van der Waals surface area (Å²) in [7, 11) is 3.15. The number of carbonyl (C=O) groups is 1. The fraction of sp³-hybridized carbons (Fsp3) is 0.200. The molecule has 162 valence electrons. The van der Waals surface area contributed by atoms with Gasteiger partial charge in [0.2, 0.25) is 0 Å². The van der Waals surface area contributed by atoms with Gasteiger partial charge in [0.25, 0.3) is 5.91 Å². The van der Waals surface area contributed by atoms with Gasteiger partial charge in [-0.25, -0.2) is 5.43 Å². The van der Waals surface area contributed by atoms with Gasteiger partial charge in [0.05, 0.1) is 26.2 Å². The third kappa shape index (κ3) is 7.13. The number of ether oxygens (including phenoxy) is 2. The van der Waals surface area contributed by atoms with E-state index < -0.39 is 0 Å². The number of nitrogens with zero attached hydrogens (tertiary/aromatic N) is 3. The van der Waals surface area contributed by atoms with Crippen LogP contribution in [-0.4, -0.2) is 42.3 Å². The highest BCUT2D eigenvalue weighted by Crippen LogP contribution is 2.32. The van der Waals surface area contributed by atoms with Crippen LogP contribution in [0.4, 0.5) is 0 Å². The van der Waals surface area contributed by atoms with Crippen molar-refractivity contribution in [1.29, 1.82) is 0 Å². The Morgan fingerprint density at radius 2 is 1.94 bits per heavy atom. The Kier molecular flexibility index (Phi) is 9.01. The first-order valence-electron chi connectivity index (χ1n) is 8.95. The van der Waals surface area contributed by atoms with E-state index in [0.717, 1.165) is 19.3 Å². The number of hydrogen-bond acceptors (Lipinski definition) is 9. The number of nitrogens with one attached hydrogen (secondary N) is 1. The van der Waals surface area contributed by atoms with Gasteiger partial charge in [0.15, 0.2) is 8.68 Å². The second kappa shape index (κ2) is 11.9. The fourth-order valence-corrected chi connectivity index (χ4v) is 5.44. The van der Waals surface area contributed by atoms with Crippen LogP contribution in [0.5, 0.6) is 11.5 Å². The monoisotopic (exact) mass is 494 g/mol. The van der Waals surface area contributed by atoms with Crippen LogP contribution in [-0.2, 0) is 10.5 Å². The molecular formula is C20H19ClN4O3S3. The molecule has 0 aliphatic carbocycles. The molecule has 0 spiro atoms. The number of rotatable bonds is 10. The van der Waals surface area contributed by atoms with Gasteiger partial charge in [-0.1, -0.05) is 64.7 Å². The van der Waals surface area contributed by atoms with Crippen LogP contribution in [0.2, 0.25) is 5.02 Å². The van der Waals surface area contributed by atoms with E-state index in [1.165, 1.54) is 29.3 Å². The summed E-state index contributed by atoms with van der Waals surface area (Å²) in [5, 5.41) is 13.0. The molecule has 3 aromatic rings. The maximum absolute atomic E-state index is 12.1. The zero-order valence-electron chi connectivity index (χ0n) is 16.7. The average Bonchev–Trinajstić information content (AvgIpc) is 3.25. The van der Waals surface area contributed by atoms with Gasteiger partial charge in [0.1, 0.15) is 11.5 Å². The van der Waals surface area contributed by atoms with E-state index in [1.807, 2.05) is 24.3 Å². The van der Waals surface area contributed by atoms with Crippen LogP contribution in [0.3, 0.4) is 0 Å². The quantitative estimate of drug-likeness (QED) is 0.247. The van der Waals surface area contributed by atoms with Gasteiger partial charge in [-0.15, -0.1) is 10.2 Å². The first kappa shape index (κ1) is 23.4. The summed E-state index contributed by atoms with van der Waals surface area (Å²) in [6.45, 7) is 0. The van der Waals surface area contributed by atoms with Gasteiger partial charge in [-0.3, -0.25) is 4.79 Å². The van der Waals surface area contributed by atoms with Crippen LogP contribution in [0.15, 0.2) is 56.2 Å². The molecule has 1 heterocycles. The minimum Gasteiger partial charge on any atom is -0.497 e. The van der Waals surface area contributed by atoms with E-state index in [-0.39, 0.29) is 11.7 Å². The topological polar surface area (TPSA) is 85.7 Å². The largest absolute Gasteiger partial charge is 0.497 e. The standard InChI is InChI=1S/C20H19ClN4O3S3/c1-27-15-7-8-17(28-2)14(9-15)10-22-23-18(26)12-30-20-25-24-19(31-20)29-11-13-5-3-4-6-16(13)21/h3-10H,11-12H2,1-2H3,(H,23,26)/b22-10-. The van der Waals surface area contributed by atoms with Crippen molar-refractivity contribution in [2.75, 3.05) is 20.0 Å². The van der Waals surface area contributed by atoms with Crippen molar-refractivity contribution in [3.8, 4) is 11.5 Å². The van der Waals surface area contributed by atoms with Crippen molar-refractivity contribution >= 4 is 58.6 Å². The van der Waals surface area contributed by atoms with Crippen molar-refractivity contribution in [1.82, 2.24) is 15.6 Å². The molecule has 0 saturated heterocycles. The lowest BCUT2D eigenvalue weighted by Crippen LogP contribution is -2.19. The van der Waals surface area contributed by atoms with Gasteiger partial charge in [-0.05, 0) is 29.8 Å². The fourth-order valence-electron chi connectivity index (χ4n) is 2.34. The number of hydrazone groups is 1. The van der Waals surface area contributed by atoms with Crippen molar-refractivity contribution in [3.63, 3.8) is 0 Å². The number of aromatic nitrogens is 2. The minimum atomic E-state index is -0.247. The molecular weight excluding hydrogens is 476 g/mol. The molecule has 0 saturated carbocycles. The van der Waals surface area contributed by atoms with Gasteiger partial charge >= 0.3 is 0 Å². The molecule has 1 N–H and O–H groups in total. The summed E-state index contributed by atoms with van der Waals surface area (Å²) in [6.07, 6.45) is 1.51. The molecule has 0 radical (unpaired) electrons. The van der Waals surface area contributed by atoms with Crippen molar-refractivity contribution in [2.45, 2.75) is 14.4 Å². The van der Waals surface area contributed by atoms with Crippen molar-refractivity contribution < 1.29 is 14.3 Å². The molecule has 0 aliphatic rings. The highest BCUT2D eigenvalue weighted by molar-refractivity contribution is 8.03. The van der Waals surface area contributed by atoms with Crippen LogP contribution in [0, 0.1) is 0 Å². The maximum atomic E-state index is 12.1. The molecule has 1 aromatic heterocycles. The lowest BCUT2D eigenvalue weighted by Gasteiger charge is -2.06. The van der Waals surface area contributed by atoms with Gasteiger partial charge in [-0.2, -0.15) is 5.10 Å². The van der Waals surface area contributed by atoms with Crippen LogP contribution in [0.1, 0.15) is 11.1 Å². The van der Waals surface area contributed by atoms with E-state index in [4.69, 9.17) is 21.1 Å². The van der Waals surface area contributed by atoms with Crippen LogP contribution in [0.25, 0.3) is 0 Å². The highest BCUT2D eigenvalue weighted by Gasteiger charge is 2.10. The van der Waals surface area contributed by atoms with E-state index >= 15 is 0 Å². The maximum Gasteiger partial charge on any atom is 0.250 e. The number of methoxy groups -OCH3 is 2. The predicted octanol–water partition coefficient (Wildman–Crippen LogP) is 4.74. The minimum absolute atomic E-state index is 0.177. The number of carbonyl (C=O) groups excluding carboxylic acids is 1. The summed E-state index contributed by atoms with van der Waals surface area (Å²) in [5.41, 5.74) is 4.24. The van der Waals surface area contributed by atoms with Crippen molar-refractivity contribution in [3.05, 3.63) is 58.6 Å². The molecule has 31 heavy (non-hydrogen) atoms. The zero-order chi connectivity index (χ0) is 22.1. The smallest absolute Gasteiger partial charge is 0.250 e. The van der Waals surface area contributed by atoms with Crippen molar-refractivity contribution in [2.24, 2.45) is 5.10 Å². The molecule has 1 amide bonds. The number of benzene rings is 2. The van der Waals surface area contributed by atoms with E-state index in [1.54, 1.807) is 44.2 Å². The first-order valence-corrected chi connectivity index (χ1v) is 12.1. The van der Waals surface area contributed by atoms with E-state index in [0.29, 0.717) is 22.8 Å². The molecule has 0 atom stereocenters. The van der Waals surface area contributed by atoms with Crippen LogP contribution < -0.4 is 14.9 Å². The Bertz CT molecular complexity index is 1060. The Morgan fingerprint density at radius 3 is 2.68 bits per heavy atom. The summed E-state index contributed by atoms with van der Waals surface area (Å²) in [6, 6.07) is 13.0. The molecule has 3 rings (SSSR count). The Balaban J connectivity index is 1.46. The lowest BCUT2D eigenvalue weighted by molar-refractivity contribution is -0.118. The normalized spacial score (nSPS) is 10.9. The number of halogens is 1. The van der Waals surface area contributed by atoms with Crippen LogP contribution >= 0.6 is 46.5 Å².